The molecule has 0 aliphatic carbocycles. The summed E-state index contributed by atoms with van der Waals surface area (Å²) in [6, 6.07) is 77.8. The molecule has 284 valence electrons. The van der Waals surface area contributed by atoms with Gasteiger partial charge in [0, 0.05) is 44.0 Å². The zero-order valence-electron chi connectivity index (χ0n) is 33.5. The summed E-state index contributed by atoms with van der Waals surface area (Å²) in [6.07, 6.45) is 0. The van der Waals surface area contributed by atoms with E-state index in [-0.39, 0.29) is 5.41 Å². The van der Waals surface area contributed by atoms with E-state index in [1.807, 2.05) is 0 Å². The summed E-state index contributed by atoms with van der Waals surface area (Å²) < 4.78 is 4.93. The van der Waals surface area contributed by atoms with Crippen LogP contribution in [0.4, 0.5) is 17.1 Å². The summed E-state index contributed by atoms with van der Waals surface area (Å²) in [7, 11) is 0. The average molecular weight is 768 g/mol. The quantitative estimate of drug-likeness (QED) is 0.170. The Morgan fingerprint density at radius 2 is 0.817 bits per heavy atom. The first-order valence-electron chi connectivity index (χ1n) is 20.9. The number of hydrogen-bond acceptors (Lipinski definition) is 1. The van der Waals surface area contributed by atoms with Gasteiger partial charge in [-0.2, -0.15) is 0 Å². The van der Waals surface area contributed by atoms with Crippen LogP contribution in [0.1, 0.15) is 25.0 Å². The Balaban J connectivity index is 1.07. The maximum atomic E-state index is 2.48. The Hall–Kier alpha value is -7.62. The highest BCUT2D eigenvalue weighted by atomic mass is 15.2. The molecule has 0 radical (unpaired) electrons. The lowest BCUT2D eigenvalue weighted by atomic mass is 9.73. The van der Waals surface area contributed by atoms with Crippen molar-refractivity contribution in [3.63, 3.8) is 0 Å². The van der Waals surface area contributed by atoms with Gasteiger partial charge in [-0.3, -0.25) is 0 Å². The summed E-state index contributed by atoms with van der Waals surface area (Å²) in [5.41, 5.74) is 18.0. The highest BCUT2D eigenvalue weighted by Gasteiger charge is 2.37. The first-order valence-corrected chi connectivity index (χ1v) is 20.9. The van der Waals surface area contributed by atoms with Crippen LogP contribution < -0.4 is 4.90 Å². The topological polar surface area (TPSA) is 13.1 Å². The molecule has 0 unspecified atom stereocenters. The third-order valence-electron chi connectivity index (χ3n) is 12.9. The number of anilines is 3. The van der Waals surface area contributed by atoms with Gasteiger partial charge >= 0.3 is 0 Å². The van der Waals surface area contributed by atoms with Crippen LogP contribution in [-0.4, -0.2) is 9.13 Å². The van der Waals surface area contributed by atoms with Gasteiger partial charge in [0.15, 0.2) is 0 Å². The molecule has 0 saturated heterocycles. The van der Waals surface area contributed by atoms with Crippen molar-refractivity contribution < 1.29 is 0 Å². The highest BCUT2D eigenvalue weighted by molar-refractivity contribution is 6.24. The molecule has 1 aliphatic heterocycles. The third kappa shape index (κ3) is 5.09. The number of hydrogen-bond donors (Lipinski definition) is 0. The van der Waals surface area contributed by atoms with E-state index in [9.17, 15) is 0 Å². The first kappa shape index (κ1) is 34.4. The molecule has 0 bridgehead atoms. The molecular formula is C57H41N3. The van der Waals surface area contributed by atoms with Crippen molar-refractivity contribution in [1.29, 1.82) is 0 Å². The molecule has 3 heteroatoms. The molecule has 60 heavy (non-hydrogen) atoms. The van der Waals surface area contributed by atoms with Gasteiger partial charge in [-0.15, -0.1) is 0 Å². The van der Waals surface area contributed by atoms with Crippen molar-refractivity contribution in [3.8, 4) is 33.6 Å². The molecule has 0 atom stereocenters. The van der Waals surface area contributed by atoms with Gasteiger partial charge in [-0.1, -0.05) is 153 Å². The van der Waals surface area contributed by atoms with Crippen LogP contribution in [-0.2, 0) is 5.41 Å². The molecule has 0 amide bonds. The molecule has 3 heterocycles. The number of para-hydroxylation sites is 4. The second kappa shape index (κ2) is 13.2. The lowest BCUT2D eigenvalue weighted by Crippen LogP contribution is -2.30. The van der Waals surface area contributed by atoms with E-state index in [1.165, 1.54) is 88.4 Å². The van der Waals surface area contributed by atoms with Crippen molar-refractivity contribution in [2.45, 2.75) is 19.3 Å². The fourth-order valence-corrected chi connectivity index (χ4v) is 10.0. The normalized spacial score (nSPS) is 13.3. The van der Waals surface area contributed by atoms with Gasteiger partial charge in [0.05, 0.1) is 33.4 Å². The largest absolute Gasteiger partial charge is 0.310 e. The summed E-state index contributed by atoms with van der Waals surface area (Å²) in [5.74, 6) is 0. The standard InChI is InChI=1S/C57H41N3/c1-57(2)49-23-13-15-25-53(49)58(44-30-26-39(27-31-44)38-16-6-3-7-17-38)54-35-29-41(37-50(54)57)40-28-34-52-48(36-40)47-33-32-46-45-22-12-14-24-51(45)59(42-18-8-4-9-19-42)55(46)56(47)60(52)43-20-10-5-11-21-43/h3-37H,1-2H3. The van der Waals surface area contributed by atoms with E-state index in [0.29, 0.717) is 0 Å². The van der Waals surface area contributed by atoms with Gasteiger partial charge in [0.2, 0.25) is 0 Å². The minimum Gasteiger partial charge on any atom is -0.310 e. The molecule has 2 aromatic heterocycles. The Kier molecular flexibility index (Phi) is 7.58. The summed E-state index contributed by atoms with van der Waals surface area (Å²) in [6.45, 7) is 4.75. The lowest BCUT2D eigenvalue weighted by molar-refractivity contribution is 0.632. The van der Waals surface area contributed by atoms with Gasteiger partial charge in [-0.25, -0.2) is 0 Å². The smallest absolute Gasteiger partial charge is 0.0788 e. The van der Waals surface area contributed by atoms with E-state index in [1.54, 1.807) is 0 Å². The van der Waals surface area contributed by atoms with Gasteiger partial charge < -0.3 is 14.0 Å². The maximum absolute atomic E-state index is 2.48. The molecule has 12 rings (SSSR count). The van der Waals surface area contributed by atoms with Gasteiger partial charge in [0.25, 0.3) is 0 Å². The fourth-order valence-electron chi connectivity index (χ4n) is 10.0. The van der Waals surface area contributed by atoms with Crippen LogP contribution in [0.25, 0.3) is 77.2 Å². The first-order chi connectivity index (χ1) is 29.5. The van der Waals surface area contributed by atoms with E-state index in [4.69, 9.17) is 0 Å². The number of benzene rings is 9. The van der Waals surface area contributed by atoms with Crippen LogP contribution >= 0.6 is 0 Å². The molecule has 0 saturated carbocycles. The van der Waals surface area contributed by atoms with Crippen LogP contribution in [0.5, 0.6) is 0 Å². The van der Waals surface area contributed by atoms with Crippen molar-refractivity contribution in [2.24, 2.45) is 0 Å². The second-order valence-electron chi connectivity index (χ2n) is 16.6. The zero-order chi connectivity index (χ0) is 40.0. The molecule has 1 aliphatic rings. The monoisotopic (exact) mass is 767 g/mol. The fraction of sp³-hybridized carbons (Fsp3) is 0.0526. The number of fused-ring (bicyclic) bond motifs is 9. The molecule has 9 aromatic carbocycles. The average Bonchev–Trinajstić information content (AvgIpc) is 3.83. The van der Waals surface area contributed by atoms with Crippen LogP contribution in [0.3, 0.4) is 0 Å². The SMILES string of the molecule is CC1(C)c2ccccc2N(c2ccc(-c3ccccc3)cc2)c2ccc(-c3ccc4c(c3)c3ccc5c6ccccc6n(-c6ccccc6)c5c3n4-c3ccccc3)cc21. The molecular weight excluding hydrogens is 727 g/mol. The van der Waals surface area contributed by atoms with Crippen molar-refractivity contribution >= 4 is 60.7 Å². The van der Waals surface area contributed by atoms with Crippen molar-refractivity contribution in [3.05, 3.63) is 223 Å². The Labute approximate surface area is 349 Å². The summed E-state index contributed by atoms with van der Waals surface area (Å²) >= 11 is 0. The molecule has 0 fully saturated rings. The van der Waals surface area contributed by atoms with Crippen LogP contribution in [0, 0.1) is 0 Å². The molecule has 3 nitrogen and oxygen atoms in total. The highest BCUT2D eigenvalue weighted by Crippen LogP contribution is 2.53. The van der Waals surface area contributed by atoms with E-state index in [2.05, 4.69) is 240 Å². The summed E-state index contributed by atoms with van der Waals surface area (Å²) in [5, 5.41) is 4.97. The Morgan fingerprint density at radius 1 is 0.317 bits per heavy atom. The minimum absolute atomic E-state index is 0.216. The zero-order valence-corrected chi connectivity index (χ0v) is 33.5. The predicted molar refractivity (Wildman–Crippen MR) is 253 cm³/mol. The maximum Gasteiger partial charge on any atom is 0.0788 e. The van der Waals surface area contributed by atoms with Crippen molar-refractivity contribution in [2.75, 3.05) is 4.90 Å². The number of nitrogens with zero attached hydrogens (tertiary/aromatic N) is 3. The number of rotatable bonds is 5. The predicted octanol–water partition coefficient (Wildman–Crippen LogP) is 15.3. The van der Waals surface area contributed by atoms with Crippen LogP contribution in [0.15, 0.2) is 212 Å². The molecule has 0 spiro atoms. The minimum atomic E-state index is -0.216. The van der Waals surface area contributed by atoms with E-state index in [0.717, 1.165) is 17.1 Å². The second-order valence-corrected chi connectivity index (χ2v) is 16.6. The van der Waals surface area contributed by atoms with Gasteiger partial charge in [0.1, 0.15) is 0 Å². The number of aromatic nitrogens is 2. The van der Waals surface area contributed by atoms with E-state index < -0.39 is 0 Å². The molecule has 11 aromatic rings. The Morgan fingerprint density at radius 3 is 1.52 bits per heavy atom. The van der Waals surface area contributed by atoms with Crippen molar-refractivity contribution in [1.82, 2.24) is 9.13 Å². The van der Waals surface area contributed by atoms with Gasteiger partial charge in [-0.05, 0) is 106 Å². The molecule has 0 N–H and O–H groups in total. The summed E-state index contributed by atoms with van der Waals surface area (Å²) in [4.78, 5) is 2.45. The van der Waals surface area contributed by atoms with E-state index >= 15 is 0 Å². The lowest BCUT2D eigenvalue weighted by Gasteiger charge is -2.42. The van der Waals surface area contributed by atoms with Crippen LogP contribution in [0.2, 0.25) is 0 Å². The Bertz CT molecular complexity index is 3430. The third-order valence-corrected chi connectivity index (χ3v) is 12.9.